The number of aryl methyl sites for hydroxylation is 2. The Hall–Kier alpha value is -3.15. The molecular formula is C22H24N4O2. The van der Waals surface area contributed by atoms with Crippen molar-refractivity contribution in [3.63, 3.8) is 0 Å². The minimum absolute atomic E-state index is 0.134. The number of anilines is 1. The second-order valence-electron chi connectivity index (χ2n) is 7.33. The highest BCUT2D eigenvalue weighted by Gasteiger charge is 2.32. The molecular weight excluding hydrogens is 352 g/mol. The first-order chi connectivity index (χ1) is 13.6. The molecule has 4 rings (SSSR count). The van der Waals surface area contributed by atoms with Crippen LogP contribution in [0, 0.1) is 13.8 Å². The quantitative estimate of drug-likeness (QED) is 0.689. The van der Waals surface area contributed by atoms with Crippen LogP contribution in [0.2, 0.25) is 0 Å². The van der Waals surface area contributed by atoms with Crippen molar-refractivity contribution in [1.29, 1.82) is 0 Å². The zero-order valence-corrected chi connectivity index (χ0v) is 16.2. The fourth-order valence-corrected chi connectivity index (χ4v) is 3.62. The van der Waals surface area contributed by atoms with Crippen molar-refractivity contribution >= 4 is 11.7 Å². The highest BCUT2D eigenvalue weighted by atomic mass is 16.5. The highest BCUT2D eigenvalue weighted by Crippen LogP contribution is 2.31. The summed E-state index contributed by atoms with van der Waals surface area (Å²) in [5, 5.41) is 7.14. The first kappa shape index (κ1) is 18.2. The number of amides is 2. The number of urea groups is 1. The predicted molar refractivity (Wildman–Crippen MR) is 108 cm³/mol. The maximum atomic E-state index is 12.9. The van der Waals surface area contributed by atoms with Gasteiger partial charge in [0, 0.05) is 17.8 Å². The Kier molecular flexibility index (Phi) is 5.10. The minimum atomic E-state index is -0.204. The fourth-order valence-electron chi connectivity index (χ4n) is 3.62. The predicted octanol–water partition coefficient (Wildman–Crippen LogP) is 5.11. The van der Waals surface area contributed by atoms with Crippen LogP contribution < -0.4 is 5.32 Å². The van der Waals surface area contributed by atoms with Crippen LogP contribution in [0.25, 0.3) is 11.4 Å². The van der Waals surface area contributed by atoms with Gasteiger partial charge >= 0.3 is 6.03 Å². The molecule has 2 heterocycles. The molecule has 1 aromatic heterocycles. The van der Waals surface area contributed by atoms with Gasteiger partial charge in [-0.25, -0.2) is 4.79 Å². The Morgan fingerprint density at radius 1 is 1.11 bits per heavy atom. The summed E-state index contributed by atoms with van der Waals surface area (Å²) in [6, 6.07) is 15.4. The zero-order valence-electron chi connectivity index (χ0n) is 16.2. The average molecular weight is 376 g/mol. The molecule has 2 amide bonds. The number of aromatic nitrogens is 2. The van der Waals surface area contributed by atoms with Crippen molar-refractivity contribution < 1.29 is 9.32 Å². The Balaban J connectivity index is 1.55. The summed E-state index contributed by atoms with van der Waals surface area (Å²) in [5.74, 6) is 1.05. The number of hydrogen-bond donors (Lipinski definition) is 1. The second-order valence-corrected chi connectivity index (χ2v) is 7.33. The third kappa shape index (κ3) is 3.91. The van der Waals surface area contributed by atoms with Crippen LogP contribution in [0.4, 0.5) is 10.5 Å². The van der Waals surface area contributed by atoms with E-state index in [1.54, 1.807) is 4.90 Å². The van der Waals surface area contributed by atoms with E-state index in [0.717, 1.165) is 41.6 Å². The van der Waals surface area contributed by atoms with Crippen LogP contribution in [0.1, 0.15) is 42.3 Å². The average Bonchev–Trinajstić information content (AvgIpc) is 3.18. The van der Waals surface area contributed by atoms with Crippen LogP contribution in [-0.2, 0) is 0 Å². The minimum Gasteiger partial charge on any atom is -0.337 e. The van der Waals surface area contributed by atoms with Gasteiger partial charge in [-0.15, -0.1) is 0 Å². The lowest BCUT2D eigenvalue weighted by Crippen LogP contribution is -2.41. The number of piperidine rings is 1. The molecule has 1 fully saturated rings. The molecule has 0 radical (unpaired) electrons. The van der Waals surface area contributed by atoms with E-state index in [2.05, 4.69) is 15.5 Å². The second kappa shape index (κ2) is 7.84. The van der Waals surface area contributed by atoms with Gasteiger partial charge in [0.25, 0.3) is 0 Å². The lowest BCUT2D eigenvalue weighted by molar-refractivity contribution is 0.142. The number of carbonyl (C=O) groups is 1. The van der Waals surface area contributed by atoms with Crippen LogP contribution in [0.15, 0.2) is 53.1 Å². The van der Waals surface area contributed by atoms with Crippen LogP contribution in [0.3, 0.4) is 0 Å². The van der Waals surface area contributed by atoms with E-state index < -0.39 is 0 Å². The summed E-state index contributed by atoms with van der Waals surface area (Å²) in [4.78, 5) is 19.3. The number of benzene rings is 2. The Morgan fingerprint density at radius 2 is 1.89 bits per heavy atom. The summed E-state index contributed by atoms with van der Waals surface area (Å²) in [7, 11) is 0. The Bertz CT molecular complexity index is 982. The van der Waals surface area contributed by atoms with E-state index in [-0.39, 0.29) is 12.1 Å². The van der Waals surface area contributed by atoms with Gasteiger partial charge in [-0.2, -0.15) is 4.98 Å². The van der Waals surface area contributed by atoms with Gasteiger partial charge in [-0.1, -0.05) is 41.1 Å². The van der Waals surface area contributed by atoms with E-state index in [4.69, 9.17) is 4.52 Å². The molecule has 6 heteroatoms. The standard InChI is InChI=1S/C22H24N4O2/c1-15-7-5-9-17(13-15)20-24-21(28-25-20)19-11-3-4-12-26(19)22(27)23-18-10-6-8-16(2)14-18/h5-10,13-14,19H,3-4,11-12H2,1-2H3,(H,23,27)/t19-/m1/s1. The van der Waals surface area contributed by atoms with Crippen molar-refractivity contribution in [2.75, 3.05) is 11.9 Å². The molecule has 1 aliphatic heterocycles. The smallest absolute Gasteiger partial charge is 0.322 e. The summed E-state index contributed by atoms with van der Waals surface area (Å²) in [5.41, 5.74) is 3.95. The number of nitrogens with one attached hydrogen (secondary N) is 1. The molecule has 2 aromatic carbocycles. The van der Waals surface area contributed by atoms with E-state index in [1.165, 1.54) is 0 Å². The molecule has 6 nitrogen and oxygen atoms in total. The third-order valence-corrected chi connectivity index (χ3v) is 5.04. The van der Waals surface area contributed by atoms with Crippen LogP contribution in [-0.4, -0.2) is 27.6 Å². The summed E-state index contributed by atoms with van der Waals surface area (Å²) in [6.45, 7) is 4.71. The van der Waals surface area contributed by atoms with Crippen molar-refractivity contribution in [2.45, 2.75) is 39.2 Å². The van der Waals surface area contributed by atoms with Gasteiger partial charge in [0.1, 0.15) is 6.04 Å². The molecule has 3 aromatic rings. The van der Waals surface area contributed by atoms with E-state index in [9.17, 15) is 4.79 Å². The summed E-state index contributed by atoms with van der Waals surface area (Å²) < 4.78 is 5.57. The van der Waals surface area contributed by atoms with Crippen LogP contribution in [0.5, 0.6) is 0 Å². The molecule has 1 saturated heterocycles. The molecule has 28 heavy (non-hydrogen) atoms. The number of rotatable bonds is 3. The van der Waals surface area contributed by atoms with Gasteiger partial charge in [-0.3, -0.25) is 0 Å². The molecule has 144 valence electrons. The molecule has 0 saturated carbocycles. The molecule has 1 aliphatic rings. The molecule has 0 bridgehead atoms. The van der Waals surface area contributed by atoms with Gasteiger partial charge in [0.15, 0.2) is 0 Å². The van der Waals surface area contributed by atoms with Crippen molar-refractivity contribution in [1.82, 2.24) is 15.0 Å². The van der Waals surface area contributed by atoms with Gasteiger partial charge < -0.3 is 14.7 Å². The topological polar surface area (TPSA) is 71.3 Å². The molecule has 0 unspecified atom stereocenters. The lowest BCUT2D eigenvalue weighted by Gasteiger charge is -2.33. The Morgan fingerprint density at radius 3 is 2.68 bits per heavy atom. The monoisotopic (exact) mass is 376 g/mol. The van der Waals surface area contributed by atoms with Gasteiger partial charge in [-0.05, 0) is 56.9 Å². The summed E-state index contributed by atoms with van der Waals surface area (Å²) in [6.07, 6.45) is 2.81. The molecule has 0 aliphatic carbocycles. The third-order valence-electron chi connectivity index (χ3n) is 5.04. The van der Waals surface area contributed by atoms with E-state index in [0.29, 0.717) is 18.3 Å². The normalized spacial score (nSPS) is 16.8. The van der Waals surface area contributed by atoms with E-state index in [1.807, 2.05) is 62.4 Å². The highest BCUT2D eigenvalue weighted by molar-refractivity contribution is 5.89. The largest absolute Gasteiger partial charge is 0.337 e. The number of hydrogen-bond acceptors (Lipinski definition) is 4. The lowest BCUT2D eigenvalue weighted by atomic mass is 10.0. The molecule has 1 atom stereocenters. The first-order valence-electron chi connectivity index (χ1n) is 9.65. The maximum Gasteiger partial charge on any atom is 0.322 e. The number of carbonyl (C=O) groups excluding carboxylic acids is 1. The van der Waals surface area contributed by atoms with Gasteiger partial charge in [0.2, 0.25) is 11.7 Å². The SMILES string of the molecule is Cc1cccc(NC(=O)N2CCCC[C@@H]2c2nc(-c3cccc(C)c3)no2)c1. The van der Waals surface area contributed by atoms with Crippen LogP contribution >= 0.6 is 0 Å². The summed E-state index contributed by atoms with van der Waals surface area (Å²) >= 11 is 0. The maximum absolute atomic E-state index is 12.9. The first-order valence-corrected chi connectivity index (χ1v) is 9.65. The van der Waals surface area contributed by atoms with Crippen molar-refractivity contribution in [3.8, 4) is 11.4 Å². The number of nitrogens with zero attached hydrogens (tertiary/aromatic N) is 3. The van der Waals surface area contributed by atoms with Crippen molar-refractivity contribution in [2.24, 2.45) is 0 Å². The molecule has 0 spiro atoms. The van der Waals surface area contributed by atoms with Crippen molar-refractivity contribution in [3.05, 3.63) is 65.5 Å². The zero-order chi connectivity index (χ0) is 19.5. The Labute approximate surface area is 164 Å². The van der Waals surface area contributed by atoms with Gasteiger partial charge in [0.05, 0.1) is 0 Å². The number of likely N-dealkylation sites (tertiary alicyclic amines) is 1. The fraction of sp³-hybridized carbons (Fsp3) is 0.318. The molecule has 1 N–H and O–H groups in total. The van der Waals surface area contributed by atoms with E-state index >= 15 is 0 Å².